The van der Waals surface area contributed by atoms with Crippen LogP contribution in [0.2, 0.25) is 0 Å². The fourth-order valence-corrected chi connectivity index (χ4v) is 2.69. The van der Waals surface area contributed by atoms with Gasteiger partial charge in [0, 0.05) is 0 Å². The molecule has 0 saturated carbocycles. The van der Waals surface area contributed by atoms with Gasteiger partial charge >= 0.3 is 0 Å². The average Bonchev–Trinajstić information content (AvgIpc) is 2.81. The molecule has 2 heteroatoms. The van der Waals surface area contributed by atoms with Gasteiger partial charge in [0.05, 0.1) is 4.47 Å². The molecule has 1 aliphatic carbocycles. The molecule has 0 heterocycles. The van der Waals surface area contributed by atoms with Crippen LogP contribution in [0.4, 0.5) is 0 Å². The normalized spacial score (nSPS) is 13.5. The lowest BCUT2D eigenvalue weighted by molar-refractivity contribution is 0.474. The van der Waals surface area contributed by atoms with Crippen LogP contribution in [0.5, 0.6) is 11.5 Å². The van der Waals surface area contributed by atoms with Crippen molar-refractivity contribution in [3.63, 3.8) is 0 Å². The van der Waals surface area contributed by atoms with E-state index in [2.05, 4.69) is 34.1 Å². The number of hydrogen-bond acceptors (Lipinski definition) is 1. The van der Waals surface area contributed by atoms with Crippen molar-refractivity contribution < 1.29 is 4.74 Å². The van der Waals surface area contributed by atoms with Crippen LogP contribution in [0.25, 0.3) is 0 Å². The second kappa shape index (κ2) is 4.53. The van der Waals surface area contributed by atoms with Crippen LogP contribution in [0, 0.1) is 0 Å². The summed E-state index contributed by atoms with van der Waals surface area (Å²) in [7, 11) is 0. The SMILES string of the molecule is Brc1ccccc1Oc1cccc2c1CCC2. The maximum absolute atomic E-state index is 6.01. The van der Waals surface area contributed by atoms with Crippen molar-refractivity contribution >= 4 is 15.9 Å². The van der Waals surface area contributed by atoms with Crippen molar-refractivity contribution in [1.29, 1.82) is 0 Å². The molecule has 2 aromatic rings. The molecular formula is C15H13BrO. The molecule has 0 aliphatic heterocycles. The third-order valence-electron chi connectivity index (χ3n) is 3.16. The summed E-state index contributed by atoms with van der Waals surface area (Å²) >= 11 is 3.51. The molecule has 1 aliphatic rings. The maximum Gasteiger partial charge on any atom is 0.141 e. The summed E-state index contributed by atoms with van der Waals surface area (Å²) in [6.45, 7) is 0. The second-order valence-electron chi connectivity index (χ2n) is 4.28. The zero-order chi connectivity index (χ0) is 11.7. The Morgan fingerprint density at radius 1 is 0.882 bits per heavy atom. The van der Waals surface area contributed by atoms with Gasteiger partial charge in [-0.15, -0.1) is 0 Å². The van der Waals surface area contributed by atoms with E-state index in [9.17, 15) is 0 Å². The quantitative estimate of drug-likeness (QED) is 0.776. The Kier molecular flexibility index (Phi) is 2.89. The number of ether oxygens (including phenoxy) is 1. The van der Waals surface area contributed by atoms with Crippen LogP contribution in [0.15, 0.2) is 46.9 Å². The Bertz CT molecular complexity index is 548. The van der Waals surface area contributed by atoms with Crippen LogP contribution in [-0.2, 0) is 12.8 Å². The molecule has 0 bridgehead atoms. The van der Waals surface area contributed by atoms with Gasteiger partial charge in [-0.25, -0.2) is 0 Å². The maximum atomic E-state index is 6.01. The molecule has 0 aromatic heterocycles. The highest BCUT2D eigenvalue weighted by Gasteiger charge is 2.16. The lowest BCUT2D eigenvalue weighted by Crippen LogP contribution is -1.91. The predicted molar refractivity (Wildman–Crippen MR) is 72.7 cm³/mol. The third-order valence-corrected chi connectivity index (χ3v) is 3.81. The van der Waals surface area contributed by atoms with Gasteiger partial charge < -0.3 is 4.74 Å². The Labute approximate surface area is 110 Å². The van der Waals surface area contributed by atoms with Crippen molar-refractivity contribution in [2.45, 2.75) is 19.3 Å². The highest BCUT2D eigenvalue weighted by atomic mass is 79.9. The van der Waals surface area contributed by atoms with Crippen molar-refractivity contribution in [2.75, 3.05) is 0 Å². The summed E-state index contributed by atoms with van der Waals surface area (Å²) in [6.07, 6.45) is 3.56. The van der Waals surface area contributed by atoms with Crippen molar-refractivity contribution in [3.8, 4) is 11.5 Å². The molecule has 0 saturated heterocycles. The standard InChI is InChI=1S/C15H13BrO/c16-13-8-1-2-9-15(13)17-14-10-4-6-11-5-3-7-12(11)14/h1-2,4,6,8-10H,3,5,7H2. The lowest BCUT2D eigenvalue weighted by atomic mass is 10.1. The van der Waals surface area contributed by atoms with Crippen molar-refractivity contribution in [2.24, 2.45) is 0 Å². The average molecular weight is 289 g/mol. The van der Waals surface area contributed by atoms with E-state index in [0.717, 1.165) is 22.4 Å². The topological polar surface area (TPSA) is 9.23 Å². The van der Waals surface area contributed by atoms with Gasteiger partial charge in [0.15, 0.2) is 0 Å². The van der Waals surface area contributed by atoms with Crippen LogP contribution in [0.1, 0.15) is 17.5 Å². The molecule has 0 N–H and O–H groups in total. The van der Waals surface area contributed by atoms with Crippen molar-refractivity contribution in [3.05, 3.63) is 58.1 Å². The monoisotopic (exact) mass is 288 g/mol. The van der Waals surface area contributed by atoms with Gasteiger partial charge in [-0.05, 0) is 64.5 Å². The molecule has 0 radical (unpaired) electrons. The van der Waals surface area contributed by atoms with E-state index in [1.54, 1.807) is 0 Å². The number of aryl methyl sites for hydroxylation is 1. The molecule has 0 atom stereocenters. The number of fused-ring (bicyclic) bond motifs is 1. The first-order valence-corrected chi connectivity index (χ1v) is 6.67. The number of para-hydroxylation sites is 1. The van der Waals surface area contributed by atoms with E-state index in [4.69, 9.17) is 4.74 Å². The Morgan fingerprint density at radius 2 is 1.71 bits per heavy atom. The summed E-state index contributed by atoms with van der Waals surface area (Å²) in [6, 6.07) is 14.3. The van der Waals surface area contributed by atoms with Gasteiger partial charge in [0.25, 0.3) is 0 Å². The molecule has 86 valence electrons. The smallest absolute Gasteiger partial charge is 0.141 e. The minimum absolute atomic E-state index is 0.882. The summed E-state index contributed by atoms with van der Waals surface area (Å²) < 4.78 is 7.00. The molecule has 0 amide bonds. The highest BCUT2D eigenvalue weighted by Crippen LogP contribution is 2.35. The molecule has 2 aromatic carbocycles. The van der Waals surface area contributed by atoms with Gasteiger partial charge in [-0.2, -0.15) is 0 Å². The first-order chi connectivity index (χ1) is 8.34. The minimum atomic E-state index is 0.882. The molecule has 1 nitrogen and oxygen atoms in total. The summed E-state index contributed by atoms with van der Waals surface area (Å²) in [5, 5.41) is 0. The molecule has 0 spiro atoms. The van der Waals surface area contributed by atoms with E-state index < -0.39 is 0 Å². The van der Waals surface area contributed by atoms with E-state index in [1.165, 1.54) is 24.0 Å². The fourth-order valence-electron chi connectivity index (χ4n) is 2.33. The minimum Gasteiger partial charge on any atom is -0.456 e. The molecular weight excluding hydrogens is 276 g/mol. The van der Waals surface area contributed by atoms with Crippen LogP contribution in [-0.4, -0.2) is 0 Å². The van der Waals surface area contributed by atoms with E-state index in [1.807, 2.05) is 24.3 Å². The predicted octanol–water partition coefficient (Wildman–Crippen LogP) is 4.73. The fraction of sp³-hybridized carbons (Fsp3) is 0.200. The molecule has 0 unspecified atom stereocenters. The molecule has 17 heavy (non-hydrogen) atoms. The van der Waals surface area contributed by atoms with Gasteiger partial charge in [0.1, 0.15) is 11.5 Å². The van der Waals surface area contributed by atoms with Gasteiger partial charge in [-0.3, -0.25) is 0 Å². The number of benzene rings is 2. The summed E-state index contributed by atoms with van der Waals surface area (Å²) in [5.74, 6) is 1.89. The molecule has 3 rings (SSSR count). The van der Waals surface area contributed by atoms with Crippen LogP contribution >= 0.6 is 15.9 Å². The van der Waals surface area contributed by atoms with Crippen molar-refractivity contribution in [1.82, 2.24) is 0 Å². The van der Waals surface area contributed by atoms with Crippen LogP contribution in [0.3, 0.4) is 0 Å². The zero-order valence-corrected chi connectivity index (χ0v) is 11.0. The van der Waals surface area contributed by atoms with Crippen LogP contribution < -0.4 is 4.74 Å². The second-order valence-corrected chi connectivity index (χ2v) is 5.13. The Morgan fingerprint density at radius 3 is 2.59 bits per heavy atom. The zero-order valence-electron chi connectivity index (χ0n) is 9.45. The Hall–Kier alpha value is -1.28. The summed E-state index contributed by atoms with van der Waals surface area (Å²) in [4.78, 5) is 0. The van der Waals surface area contributed by atoms with E-state index >= 15 is 0 Å². The number of rotatable bonds is 2. The van der Waals surface area contributed by atoms with E-state index in [-0.39, 0.29) is 0 Å². The van der Waals surface area contributed by atoms with Gasteiger partial charge in [0.2, 0.25) is 0 Å². The largest absolute Gasteiger partial charge is 0.456 e. The first kappa shape index (κ1) is 10.8. The highest BCUT2D eigenvalue weighted by molar-refractivity contribution is 9.10. The number of halogens is 1. The van der Waals surface area contributed by atoms with E-state index in [0.29, 0.717) is 0 Å². The number of hydrogen-bond donors (Lipinski definition) is 0. The summed E-state index contributed by atoms with van der Waals surface area (Å²) in [5.41, 5.74) is 2.82. The molecule has 0 fully saturated rings. The Balaban J connectivity index is 1.97. The first-order valence-electron chi connectivity index (χ1n) is 5.88. The lowest BCUT2D eigenvalue weighted by Gasteiger charge is -2.11. The third kappa shape index (κ3) is 2.09. The van der Waals surface area contributed by atoms with Gasteiger partial charge in [-0.1, -0.05) is 24.3 Å².